The molecule has 0 aromatic heterocycles. The third-order valence-corrected chi connectivity index (χ3v) is 3.66. The van der Waals surface area contributed by atoms with Crippen molar-refractivity contribution in [3.8, 4) is 17.6 Å². The van der Waals surface area contributed by atoms with E-state index < -0.39 is 10.8 Å². The summed E-state index contributed by atoms with van der Waals surface area (Å²) in [6, 6.07) is 12.4. The van der Waals surface area contributed by atoms with Gasteiger partial charge >= 0.3 is 0 Å². The van der Waals surface area contributed by atoms with E-state index in [1.54, 1.807) is 18.2 Å². The lowest BCUT2D eigenvalue weighted by Gasteiger charge is -2.11. The predicted molar refractivity (Wildman–Crippen MR) is 104 cm³/mol. The van der Waals surface area contributed by atoms with Crippen molar-refractivity contribution in [2.24, 2.45) is 0 Å². The molecule has 8 nitrogen and oxygen atoms in total. The summed E-state index contributed by atoms with van der Waals surface area (Å²) in [7, 11) is 1.53. The summed E-state index contributed by atoms with van der Waals surface area (Å²) in [5, 5.41) is 22.7. The lowest BCUT2D eigenvalue weighted by molar-refractivity contribution is -0.384. The molecule has 1 amide bonds. The minimum Gasteiger partial charge on any atom is -0.497 e. The number of benzene rings is 2. The second kappa shape index (κ2) is 9.73. The Hall–Kier alpha value is -3.86. The van der Waals surface area contributed by atoms with Gasteiger partial charge in [-0.15, -0.1) is 0 Å². The van der Waals surface area contributed by atoms with Crippen molar-refractivity contribution in [2.45, 2.75) is 13.3 Å². The van der Waals surface area contributed by atoms with Gasteiger partial charge in [0, 0.05) is 29.4 Å². The van der Waals surface area contributed by atoms with Gasteiger partial charge in [-0.2, -0.15) is 5.26 Å². The lowest BCUT2D eigenvalue weighted by Crippen LogP contribution is -2.13. The van der Waals surface area contributed by atoms with Crippen molar-refractivity contribution in [2.75, 3.05) is 19.0 Å². The molecule has 2 aromatic rings. The number of nitrogens with one attached hydrogen (secondary N) is 1. The number of ether oxygens (including phenoxy) is 2. The van der Waals surface area contributed by atoms with Gasteiger partial charge in [0.05, 0.1) is 18.6 Å². The maximum Gasteiger partial charge on any atom is 0.271 e. The van der Waals surface area contributed by atoms with Gasteiger partial charge in [0.2, 0.25) is 0 Å². The number of nitro groups is 1. The fraction of sp³-hybridized carbons (Fsp3) is 0.200. The first-order chi connectivity index (χ1) is 13.5. The molecular formula is C20H19N3O5. The van der Waals surface area contributed by atoms with Gasteiger partial charge in [-0.05, 0) is 30.7 Å². The second-order valence-electron chi connectivity index (χ2n) is 5.68. The molecule has 1 N–H and O–H groups in total. The number of methoxy groups -OCH3 is 1. The van der Waals surface area contributed by atoms with Crippen LogP contribution in [-0.2, 0) is 4.79 Å². The van der Waals surface area contributed by atoms with Crippen LogP contribution in [0.15, 0.2) is 48.0 Å². The lowest BCUT2D eigenvalue weighted by atomic mass is 10.1. The van der Waals surface area contributed by atoms with Crippen molar-refractivity contribution in [3.63, 3.8) is 0 Å². The van der Waals surface area contributed by atoms with E-state index in [-0.39, 0.29) is 16.9 Å². The first kappa shape index (κ1) is 20.5. The smallest absolute Gasteiger partial charge is 0.271 e. The van der Waals surface area contributed by atoms with Crippen LogP contribution in [0.1, 0.15) is 18.9 Å². The zero-order chi connectivity index (χ0) is 20.5. The van der Waals surface area contributed by atoms with E-state index in [0.717, 1.165) is 6.42 Å². The number of amides is 1. The summed E-state index contributed by atoms with van der Waals surface area (Å²) in [4.78, 5) is 22.7. The number of nitriles is 1. The monoisotopic (exact) mass is 381 g/mol. The summed E-state index contributed by atoms with van der Waals surface area (Å²) in [5.41, 5.74) is 0.432. The Morgan fingerprint density at radius 2 is 2.11 bits per heavy atom. The number of non-ortho nitro benzene ring substituents is 1. The van der Waals surface area contributed by atoms with Crippen molar-refractivity contribution in [1.82, 2.24) is 0 Å². The van der Waals surface area contributed by atoms with Crippen molar-refractivity contribution >= 4 is 23.4 Å². The highest BCUT2D eigenvalue weighted by atomic mass is 16.6. The molecule has 0 aliphatic carbocycles. The molecule has 0 spiro atoms. The van der Waals surface area contributed by atoms with Crippen LogP contribution in [0.4, 0.5) is 11.4 Å². The zero-order valence-corrected chi connectivity index (χ0v) is 15.5. The summed E-state index contributed by atoms with van der Waals surface area (Å²) >= 11 is 0. The first-order valence-electron chi connectivity index (χ1n) is 8.47. The van der Waals surface area contributed by atoms with E-state index in [4.69, 9.17) is 9.47 Å². The molecule has 0 aliphatic heterocycles. The molecule has 0 aliphatic rings. The molecular weight excluding hydrogens is 362 g/mol. The molecule has 0 saturated heterocycles. The fourth-order valence-electron chi connectivity index (χ4n) is 2.30. The highest BCUT2D eigenvalue weighted by Gasteiger charge is 2.14. The standard InChI is InChI=1S/C20H19N3O5/c1-3-9-28-19-12-18(27-2)8-7-14(19)10-15(13-21)20(24)22-16-5-4-6-17(11-16)23(25)26/h4-8,10-12H,3,9H2,1-2H3,(H,22,24)/b15-10+. The second-order valence-corrected chi connectivity index (χ2v) is 5.68. The van der Waals surface area contributed by atoms with Crippen LogP contribution in [0.5, 0.6) is 11.5 Å². The quantitative estimate of drug-likeness (QED) is 0.321. The highest BCUT2D eigenvalue weighted by Crippen LogP contribution is 2.27. The average molecular weight is 381 g/mol. The number of rotatable bonds is 8. The van der Waals surface area contributed by atoms with Crippen LogP contribution >= 0.6 is 0 Å². The van der Waals surface area contributed by atoms with Gasteiger partial charge in [0.15, 0.2) is 0 Å². The number of carbonyl (C=O) groups excluding carboxylic acids is 1. The zero-order valence-electron chi connectivity index (χ0n) is 15.5. The molecule has 0 bridgehead atoms. The van der Waals surface area contributed by atoms with Gasteiger partial charge in [-0.1, -0.05) is 13.0 Å². The molecule has 8 heteroatoms. The number of carbonyl (C=O) groups is 1. The maximum absolute atomic E-state index is 12.4. The summed E-state index contributed by atoms with van der Waals surface area (Å²) in [6.07, 6.45) is 2.19. The Morgan fingerprint density at radius 3 is 2.75 bits per heavy atom. The SMILES string of the molecule is CCCOc1cc(OC)ccc1/C=C(\C#N)C(=O)Nc1cccc([N+](=O)[O-])c1. The Kier molecular flexibility index (Phi) is 7.11. The molecule has 2 rings (SSSR count). The maximum atomic E-state index is 12.4. The average Bonchev–Trinajstić information content (AvgIpc) is 2.70. The van der Waals surface area contributed by atoms with E-state index in [2.05, 4.69) is 5.32 Å². The largest absolute Gasteiger partial charge is 0.497 e. The molecule has 0 atom stereocenters. The summed E-state index contributed by atoms with van der Waals surface area (Å²) in [5.74, 6) is 0.389. The Bertz CT molecular complexity index is 947. The molecule has 0 fully saturated rings. The predicted octanol–water partition coefficient (Wildman–Crippen LogP) is 3.94. The van der Waals surface area contributed by atoms with Crippen LogP contribution < -0.4 is 14.8 Å². The van der Waals surface area contributed by atoms with Gasteiger partial charge in [-0.25, -0.2) is 0 Å². The van der Waals surface area contributed by atoms with Gasteiger partial charge in [0.25, 0.3) is 11.6 Å². The van der Waals surface area contributed by atoms with Crippen LogP contribution in [0.3, 0.4) is 0 Å². The molecule has 0 heterocycles. The van der Waals surface area contributed by atoms with E-state index >= 15 is 0 Å². The molecule has 2 aromatic carbocycles. The topological polar surface area (TPSA) is 114 Å². The summed E-state index contributed by atoms with van der Waals surface area (Å²) < 4.78 is 10.9. The number of hydrogen-bond acceptors (Lipinski definition) is 6. The van der Waals surface area contributed by atoms with Crippen LogP contribution in [0, 0.1) is 21.4 Å². The first-order valence-corrected chi connectivity index (χ1v) is 8.47. The van der Waals surface area contributed by atoms with Gasteiger partial charge < -0.3 is 14.8 Å². The van der Waals surface area contributed by atoms with Gasteiger partial charge in [-0.3, -0.25) is 14.9 Å². The van der Waals surface area contributed by atoms with E-state index in [9.17, 15) is 20.2 Å². The van der Waals surface area contributed by atoms with Crippen molar-refractivity contribution < 1.29 is 19.2 Å². The normalized spacial score (nSPS) is 10.7. The number of hydrogen-bond donors (Lipinski definition) is 1. The van der Waals surface area contributed by atoms with Crippen molar-refractivity contribution in [3.05, 3.63) is 63.7 Å². The molecule has 0 unspecified atom stereocenters. The van der Waals surface area contributed by atoms with E-state index in [1.165, 1.54) is 37.5 Å². The number of nitrogens with zero attached hydrogens (tertiary/aromatic N) is 2. The van der Waals surface area contributed by atoms with Crippen LogP contribution in [0.25, 0.3) is 6.08 Å². The van der Waals surface area contributed by atoms with Gasteiger partial charge in [0.1, 0.15) is 23.1 Å². The molecule has 28 heavy (non-hydrogen) atoms. The Morgan fingerprint density at radius 1 is 1.32 bits per heavy atom. The van der Waals surface area contributed by atoms with Crippen molar-refractivity contribution in [1.29, 1.82) is 5.26 Å². The third kappa shape index (κ3) is 5.32. The summed E-state index contributed by atoms with van der Waals surface area (Å²) in [6.45, 7) is 2.43. The van der Waals surface area contributed by atoms with E-state index in [0.29, 0.717) is 23.7 Å². The molecule has 144 valence electrons. The Labute approximate surface area is 162 Å². The van der Waals surface area contributed by atoms with Crippen LogP contribution in [-0.4, -0.2) is 24.5 Å². The minimum atomic E-state index is -0.680. The number of anilines is 1. The minimum absolute atomic E-state index is 0.161. The fourth-order valence-corrected chi connectivity index (χ4v) is 2.30. The van der Waals surface area contributed by atoms with Crippen LogP contribution in [0.2, 0.25) is 0 Å². The number of nitro benzene ring substituents is 1. The third-order valence-electron chi connectivity index (χ3n) is 3.66. The highest BCUT2D eigenvalue weighted by molar-refractivity contribution is 6.09. The Balaban J connectivity index is 2.30. The van der Waals surface area contributed by atoms with E-state index in [1.807, 2.05) is 13.0 Å². The molecule has 0 saturated carbocycles. The molecule has 0 radical (unpaired) electrons.